The van der Waals surface area contributed by atoms with Gasteiger partial charge in [-0.25, -0.2) is 9.97 Å². The molecule has 8 heteroatoms. The predicted molar refractivity (Wildman–Crippen MR) is 141 cm³/mol. The Labute approximate surface area is 206 Å². The van der Waals surface area contributed by atoms with E-state index >= 15 is 0 Å². The van der Waals surface area contributed by atoms with Crippen LogP contribution in [0, 0.1) is 0 Å². The van der Waals surface area contributed by atoms with Gasteiger partial charge in [0.1, 0.15) is 17.2 Å². The van der Waals surface area contributed by atoms with Crippen LogP contribution < -0.4 is 21.3 Å². The molecule has 1 aliphatic rings. The van der Waals surface area contributed by atoms with E-state index in [0.29, 0.717) is 29.7 Å². The molecule has 4 rings (SSSR count). The van der Waals surface area contributed by atoms with Crippen LogP contribution in [0.5, 0.6) is 0 Å². The molecule has 1 amide bonds. The fourth-order valence-corrected chi connectivity index (χ4v) is 3.89. The van der Waals surface area contributed by atoms with Crippen molar-refractivity contribution < 1.29 is 4.79 Å². The first-order chi connectivity index (χ1) is 16.8. The number of benzene rings is 1. The first kappa shape index (κ1) is 24.3. The largest absolute Gasteiger partial charge is 0.348 e. The summed E-state index contributed by atoms with van der Waals surface area (Å²) in [6.45, 7) is 12.3. The van der Waals surface area contributed by atoms with E-state index in [1.54, 1.807) is 6.08 Å². The van der Waals surface area contributed by atoms with Gasteiger partial charge in [0.25, 0.3) is 5.91 Å². The van der Waals surface area contributed by atoms with Crippen molar-refractivity contribution >= 4 is 29.2 Å². The zero-order valence-corrected chi connectivity index (χ0v) is 20.6. The molecule has 1 aliphatic heterocycles. The molecule has 0 atom stereocenters. The molecule has 8 nitrogen and oxygen atoms in total. The van der Waals surface area contributed by atoms with E-state index in [1.165, 1.54) is 17.3 Å². The normalized spacial score (nSPS) is 13.3. The maximum Gasteiger partial charge on any atom is 0.256 e. The van der Waals surface area contributed by atoms with Gasteiger partial charge in [-0.05, 0) is 61.3 Å². The number of fused-ring (bicyclic) bond motifs is 1. The smallest absolute Gasteiger partial charge is 0.256 e. The Bertz CT molecular complexity index is 1220. The zero-order valence-electron chi connectivity index (χ0n) is 20.6. The van der Waals surface area contributed by atoms with Crippen LogP contribution in [0.15, 0.2) is 55.3 Å². The van der Waals surface area contributed by atoms with Crippen LogP contribution in [0.4, 0.5) is 23.3 Å². The van der Waals surface area contributed by atoms with Gasteiger partial charge in [0.05, 0.1) is 0 Å². The van der Waals surface area contributed by atoms with Gasteiger partial charge in [-0.3, -0.25) is 4.79 Å². The molecule has 2 aromatic heterocycles. The van der Waals surface area contributed by atoms with Crippen molar-refractivity contribution in [2.24, 2.45) is 0 Å². The SMILES string of the molecule is C=CCNC(=O)c1cnc(Nc2ccc3c(c2)CCNCC3)nc1Nc1cccc(C(C)(C)C)n1. The van der Waals surface area contributed by atoms with Crippen LogP contribution in [-0.2, 0) is 18.3 Å². The molecule has 35 heavy (non-hydrogen) atoms. The first-order valence-electron chi connectivity index (χ1n) is 11.9. The van der Waals surface area contributed by atoms with Gasteiger partial charge < -0.3 is 21.3 Å². The Kier molecular flexibility index (Phi) is 7.41. The van der Waals surface area contributed by atoms with Crippen LogP contribution in [-0.4, -0.2) is 40.5 Å². The van der Waals surface area contributed by atoms with Crippen molar-refractivity contribution in [3.05, 3.63) is 77.6 Å². The molecule has 0 spiro atoms. The van der Waals surface area contributed by atoms with Crippen molar-refractivity contribution in [1.29, 1.82) is 0 Å². The van der Waals surface area contributed by atoms with E-state index < -0.39 is 0 Å². The lowest BCUT2D eigenvalue weighted by Crippen LogP contribution is -2.25. The lowest BCUT2D eigenvalue weighted by atomic mass is 9.92. The molecule has 1 aromatic carbocycles. The average Bonchev–Trinajstić information content (AvgIpc) is 3.07. The number of nitrogens with zero attached hydrogens (tertiary/aromatic N) is 3. The van der Waals surface area contributed by atoms with Gasteiger partial charge in [-0.15, -0.1) is 6.58 Å². The lowest BCUT2D eigenvalue weighted by Gasteiger charge is -2.19. The predicted octanol–water partition coefficient (Wildman–Crippen LogP) is 4.26. The number of hydrogen-bond donors (Lipinski definition) is 4. The second-order valence-electron chi connectivity index (χ2n) is 9.60. The summed E-state index contributed by atoms with van der Waals surface area (Å²) in [6, 6.07) is 12.1. The Morgan fingerprint density at radius 2 is 1.89 bits per heavy atom. The van der Waals surface area contributed by atoms with Gasteiger partial charge >= 0.3 is 0 Å². The molecule has 0 aliphatic carbocycles. The maximum absolute atomic E-state index is 12.8. The number of hydrogen-bond acceptors (Lipinski definition) is 7. The summed E-state index contributed by atoms with van der Waals surface area (Å²) in [5, 5.41) is 12.8. The number of rotatable bonds is 7. The van der Waals surface area contributed by atoms with Gasteiger partial charge in [0, 0.05) is 29.5 Å². The fourth-order valence-electron chi connectivity index (χ4n) is 3.89. The van der Waals surface area contributed by atoms with Crippen LogP contribution in [0.25, 0.3) is 0 Å². The number of pyridine rings is 1. The lowest BCUT2D eigenvalue weighted by molar-refractivity contribution is 0.0958. The fraction of sp³-hybridized carbons (Fsp3) is 0.333. The first-order valence-corrected chi connectivity index (χ1v) is 11.9. The topological polar surface area (TPSA) is 104 Å². The molecule has 3 heterocycles. The second-order valence-corrected chi connectivity index (χ2v) is 9.60. The Balaban J connectivity index is 1.64. The molecule has 0 saturated heterocycles. The highest BCUT2D eigenvalue weighted by Gasteiger charge is 2.18. The molecule has 3 aromatic rings. The molecule has 0 unspecified atom stereocenters. The summed E-state index contributed by atoms with van der Waals surface area (Å²) in [6.07, 6.45) is 5.16. The van der Waals surface area contributed by atoms with Crippen LogP contribution in [0.1, 0.15) is 48.0 Å². The number of nitrogens with one attached hydrogen (secondary N) is 4. The number of anilines is 4. The van der Waals surface area contributed by atoms with E-state index in [9.17, 15) is 4.79 Å². The van der Waals surface area contributed by atoms with Gasteiger partial charge in [0.15, 0.2) is 0 Å². The van der Waals surface area contributed by atoms with Crippen molar-refractivity contribution in [3.8, 4) is 0 Å². The highest BCUT2D eigenvalue weighted by atomic mass is 16.1. The standard InChI is InChI=1S/C27H33N7O/c1-5-13-29-25(35)21-17-30-26(31-20-10-9-18-11-14-28-15-12-19(18)16-20)34-24(21)33-23-8-6-7-22(32-23)27(2,3)4/h5-10,16-17,28H,1,11-15H2,2-4H3,(H,29,35)(H2,30,31,32,33,34). The number of carbonyl (C=O) groups is 1. The van der Waals surface area contributed by atoms with Crippen LogP contribution in [0.3, 0.4) is 0 Å². The van der Waals surface area contributed by atoms with Crippen molar-refractivity contribution in [2.75, 3.05) is 30.3 Å². The minimum absolute atomic E-state index is 0.110. The Hall–Kier alpha value is -3.78. The van der Waals surface area contributed by atoms with Crippen LogP contribution >= 0.6 is 0 Å². The van der Waals surface area contributed by atoms with E-state index in [0.717, 1.165) is 37.3 Å². The zero-order chi connectivity index (χ0) is 24.8. The van der Waals surface area contributed by atoms with E-state index in [-0.39, 0.29) is 11.3 Å². The third-order valence-electron chi connectivity index (χ3n) is 5.81. The Morgan fingerprint density at radius 3 is 2.66 bits per heavy atom. The summed E-state index contributed by atoms with van der Waals surface area (Å²) in [5.41, 5.74) is 4.75. The van der Waals surface area contributed by atoms with Crippen LogP contribution in [0.2, 0.25) is 0 Å². The monoisotopic (exact) mass is 471 g/mol. The summed E-state index contributed by atoms with van der Waals surface area (Å²) >= 11 is 0. The Morgan fingerprint density at radius 1 is 1.09 bits per heavy atom. The highest BCUT2D eigenvalue weighted by molar-refractivity contribution is 5.99. The third-order valence-corrected chi connectivity index (χ3v) is 5.81. The van der Waals surface area contributed by atoms with Gasteiger partial charge in [-0.1, -0.05) is 39.0 Å². The summed E-state index contributed by atoms with van der Waals surface area (Å²) in [4.78, 5) is 26.6. The third kappa shape index (κ3) is 6.22. The molecular weight excluding hydrogens is 438 g/mol. The van der Waals surface area contributed by atoms with Gasteiger partial charge in [-0.2, -0.15) is 4.98 Å². The number of amides is 1. The molecular formula is C27H33N7O. The van der Waals surface area contributed by atoms with E-state index in [4.69, 9.17) is 4.98 Å². The highest BCUT2D eigenvalue weighted by Crippen LogP contribution is 2.25. The second kappa shape index (κ2) is 10.7. The van der Waals surface area contributed by atoms with Crippen molar-refractivity contribution in [2.45, 2.75) is 39.0 Å². The molecule has 4 N–H and O–H groups in total. The summed E-state index contributed by atoms with van der Waals surface area (Å²) < 4.78 is 0. The van der Waals surface area contributed by atoms with E-state index in [2.05, 4.69) is 70.7 Å². The number of aromatic nitrogens is 3. The van der Waals surface area contributed by atoms with Gasteiger partial charge in [0.2, 0.25) is 5.95 Å². The minimum Gasteiger partial charge on any atom is -0.348 e. The van der Waals surface area contributed by atoms with E-state index in [1.807, 2.05) is 24.3 Å². The molecule has 0 saturated carbocycles. The minimum atomic E-state index is -0.288. The quantitative estimate of drug-likeness (QED) is 0.382. The molecule has 0 radical (unpaired) electrons. The van der Waals surface area contributed by atoms with Crippen molar-refractivity contribution in [1.82, 2.24) is 25.6 Å². The van der Waals surface area contributed by atoms with Crippen molar-refractivity contribution in [3.63, 3.8) is 0 Å². The summed E-state index contributed by atoms with van der Waals surface area (Å²) in [7, 11) is 0. The maximum atomic E-state index is 12.8. The average molecular weight is 472 g/mol. The number of carbonyl (C=O) groups excluding carboxylic acids is 1. The summed E-state index contributed by atoms with van der Waals surface area (Å²) in [5.74, 6) is 1.09. The molecule has 182 valence electrons. The molecule has 0 bridgehead atoms. The molecule has 0 fully saturated rings.